The summed E-state index contributed by atoms with van der Waals surface area (Å²) in [5.74, 6) is -0.886. The number of anilines is 2. The molecule has 0 saturated carbocycles. The molecule has 0 fully saturated rings. The van der Waals surface area contributed by atoms with Crippen LogP contribution in [-0.2, 0) is 9.59 Å². The lowest BCUT2D eigenvalue weighted by molar-refractivity contribution is -0.118. The summed E-state index contributed by atoms with van der Waals surface area (Å²) < 4.78 is 0. The van der Waals surface area contributed by atoms with Gasteiger partial charge in [0.2, 0.25) is 11.8 Å². The molecule has 0 aliphatic heterocycles. The van der Waals surface area contributed by atoms with Crippen molar-refractivity contribution in [3.63, 3.8) is 0 Å². The summed E-state index contributed by atoms with van der Waals surface area (Å²) >= 11 is 0. The average Bonchev–Trinajstić information content (AvgIpc) is 2.86. The first-order chi connectivity index (χ1) is 17.2. The minimum absolute atomic E-state index is 0.0358. The average molecular weight is 495 g/mol. The number of rotatable bonds is 13. The second-order valence-corrected chi connectivity index (χ2v) is 8.96. The van der Waals surface area contributed by atoms with Crippen LogP contribution in [0.3, 0.4) is 0 Å². The topological polar surface area (TPSA) is 116 Å². The molecule has 0 aliphatic carbocycles. The maximum Gasteiger partial charge on any atom is 0.253 e. The Morgan fingerprint density at radius 3 is 1.36 bits per heavy atom. The van der Waals surface area contributed by atoms with Crippen LogP contribution in [0.2, 0.25) is 0 Å². The monoisotopic (exact) mass is 494 g/mol. The molecule has 2 rings (SSSR count). The van der Waals surface area contributed by atoms with Crippen molar-refractivity contribution in [2.75, 3.05) is 10.6 Å². The molecule has 2 aromatic carbocycles. The zero-order valence-corrected chi connectivity index (χ0v) is 21.6. The van der Waals surface area contributed by atoms with Gasteiger partial charge >= 0.3 is 0 Å². The third-order valence-electron chi connectivity index (χ3n) is 5.93. The summed E-state index contributed by atoms with van der Waals surface area (Å²) in [6, 6.07) is 13.9. The maximum atomic E-state index is 12.5. The molecule has 194 valence electrons. The van der Waals surface area contributed by atoms with Crippen molar-refractivity contribution in [1.29, 1.82) is 0 Å². The van der Waals surface area contributed by atoms with Gasteiger partial charge in [-0.25, -0.2) is 0 Å². The number of unbranched alkanes of at least 4 members (excludes halogenated alkanes) is 1. The Hall–Kier alpha value is -3.68. The number of carbonyl (C=O) groups is 4. The van der Waals surface area contributed by atoms with Crippen molar-refractivity contribution < 1.29 is 19.2 Å². The normalized spacial score (nSPS) is 12.2. The van der Waals surface area contributed by atoms with Gasteiger partial charge in [-0.3, -0.25) is 19.2 Å². The van der Waals surface area contributed by atoms with Crippen LogP contribution in [0.15, 0.2) is 48.5 Å². The van der Waals surface area contributed by atoms with Crippen LogP contribution in [-0.4, -0.2) is 35.7 Å². The highest BCUT2D eigenvalue weighted by molar-refractivity contribution is 6.04. The number of carbonyl (C=O) groups excluding carboxylic acids is 4. The van der Waals surface area contributed by atoms with E-state index < -0.39 is 0 Å². The van der Waals surface area contributed by atoms with E-state index in [4.69, 9.17) is 0 Å². The summed E-state index contributed by atoms with van der Waals surface area (Å²) in [7, 11) is 0. The third kappa shape index (κ3) is 9.17. The van der Waals surface area contributed by atoms with Crippen LogP contribution in [0.25, 0.3) is 0 Å². The predicted molar refractivity (Wildman–Crippen MR) is 143 cm³/mol. The van der Waals surface area contributed by atoms with E-state index >= 15 is 0 Å². The molecule has 0 spiro atoms. The van der Waals surface area contributed by atoms with Crippen molar-refractivity contribution in [2.24, 2.45) is 0 Å². The Morgan fingerprint density at radius 2 is 1.00 bits per heavy atom. The molecule has 8 nitrogen and oxygen atoms in total. The Labute approximate surface area is 213 Å². The quantitative estimate of drug-likeness (QED) is 0.297. The van der Waals surface area contributed by atoms with E-state index in [1.807, 2.05) is 27.7 Å². The van der Waals surface area contributed by atoms with Gasteiger partial charge in [0.05, 0.1) is 22.5 Å². The van der Waals surface area contributed by atoms with Crippen LogP contribution < -0.4 is 21.3 Å². The number of benzene rings is 2. The molecule has 4 amide bonds. The standard InChI is InChI=1S/C28H38N4O4/c1-5-19(3)29-27(35)21-13-7-9-15-23(21)31-25(33)17-11-12-18-26(34)32-24-16-10-8-14-22(24)28(36)30-20(4)6-2/h7-10,13-16,19-20H,5-6,11-12,17-18H2,1-4H3,(H,29,35)(H,30,36)(H,31,33)(H,32,34). The van der Waals surface area contributed by atoms with Crippen molar-refractivity contribution in [1.82, 2.24) is 10.6 Å². The Bertz CT molecular complexity index is 970. The van der Waals surface area contributed by atoms with Crippen molar-refractivity contribution in [2.45, 2.75) is 78.3 Å². The minimum Gasteiger partial charge on any atom is -0.350 e. The van der Waals surface area contributed by atoms with E-state index in [-0.39, 0.29) is 48.6 Å². The first-order valence-corrected chi connectivity index (χ1v) is 12.6. The number of hydrogen-bond donors (Lipinski definition) is 4. The zero-order valence-electron chi connectivity index (χ0n) is 21.6. The van der Waals surface area contributed by atoms with E-state index in [2.05, 4.69) is 21.3 Å². The number of amides is 4. The van der Waals surface area contributed by atoms with Gasteiger partial charge in [-0.2, -0.15) is 0 Å². The fourth-order valence-corrected chi connectivity index (χ4v) is 3.38. The van der Waals surface area contributed by atoms with E-state index in [1.165, 1.54) is 0 Å². The summed E-state index contributed by atoms with van der Waals surface area (Å²) in [6.45, 7) is 7.83. The SMILES string of the molecule is CCC(C)NC(=O)c1ccccc1NC(=O)CCCCC(=O)Nc1ccccc1C(=O)NC(C)CC. The zero-order chi connectivity index (χ0) is 26.5. The molecule has 0 aromatic heterocycles. The summed E-state index contributed by atoms with van der Waals surface area (Å²) in [5, 5.41) is 11.4. The molecule has 2 atom stereocenters. The number of para-hydroxylation sites is 2. The molecule has 2 aromatic rings. The molecule has 36 heavy (non-hydrogen) atoms. The summed E-state index contributed by atoms with van der Waals surface area (Å²) in [4.78, 5) is 49.9. The van der Waals surface area contributed by atoms with Gasteiger partial charge in [0, 0.05) is 24.9 Å². The molecule has 0 radical (unpaired) electrons. The van der Waals surface area contributed by atoms with Gasteiger partial charge in [-0.1, -0.05) is 38.1 Å². The fourth-order valence-electron chi connectivity index (χ4n) is 3.38. The molecular weight excluding hydrogens is 456 g/mol. The molecule has 2 unspecified atom stereocenters. The van der Waals surface area contributed by atoms with Crippen LogP contribution in [0.4, 0.5) is 11.4 Å². The van der Waals surface area contributed by atoms with Gasteiger partial charge in [-0.15, -0.1) is 0 Å². The van der Waals surface area contributed by atoms with Crippen LogP contribution in [0.5, 0.6) is 0 Å². The first kappa shape index (κ1) is 28.6. The maximum absolute atomic E-state index is 12.5. The Balaban J connectivity index is 1.82. The lowest BCUT2D eigenvalue weighted by atomic mass is 10.1. The smallest absolute Gasteiger partial charge is 0.253 e. The lowest BCUT2D eigenvalue weighted by Crippen LogP contribution is -2.32. The first-order valence-electron chi connectivity index (χ1n) is 12.6. The van der Waals surface area contributed by atoms with Gasteiger partial charge < -0.3 is 21.3 Å². The van der Waals surface area contributed by atoms with Gasteiger partial charge in [0.1, 0.15) is 0 Å². The summed E-state index contributed by atoms with van der Waals surface area (Å²) in [6.07, 6.45) is 3.09. The number of nitrogens with one attached hydrogen (secondary N) is 4. The van der Waals surface area contributed by atoms with E-state index in [0.717, 1.165) is 12.8 Å². The second kappa shape index (κ2) is 14.7. The van der Waals surface area contributed by atoms with Crippen LogP contribution in [0.1, 0.15) is 86.9 Å². The third-order valence-corrected chi connectivity index (χ3v) is 5.93. The highest BCUT2D eigenvalue weighted by Crippen LogP contribution is 2.18. The molecule has 0 saturated heterocycles. The lowest BCUT2D eigenvalue weighted by Gasteiger charge is -2.15. The largest absolute Gasteiger partial charge is 0.350 e. The van der Waals surface area contributed by atoms with Crippen LogP contribution >= 0.6 is 0 Å². The molecular formula is C28H38N4O4. The van der Waals surface area contributed by atoms with Gasteiger partial charge in [0.15, 0.2) is 0 Å². The second-order valence-electron chi connectivity index (χ2n) is 8.96. The van der Waals surface area contributed by atoms with E-state index in [0.29, 0.717) is 35.3 Å². The molecule has 0 aliphatic rings. The molecule has 0 bridgehead atoms. The van der Waals surface area contributed by atoms with E-state index in [9.17, 15) is 19.2 Å². The molecule has 0 heterocycles. The van der Waals surface area contributed by atoms with Crippen molar-refractivity contribution in [3.05, 3.63) is 59.7 Å². The summed E-state index contributed by atoms with van der Waals surface area (Å²) in [5.41, 5.74) is 1.77. The highest BCUT2D eigenvalue weighted by atomic mass is 16.2. The molecule has 4 N–H and O–H groups in total. The number of hydrogen-bond acceptors (Lipinski definition) is 4. The minimum atomic E-state index is -0.227. The van der Waals surface area contributed by atoms with E-state index in [1.54, 1.807) is 48.5 Å². The van der Waals surface area contributed by atoms with Crippen molar-refractivity contribution in [3.8, 4) is 0 Å². The van der Waals surface area contributed by atoms with Crippen molar-refractivity contribution >= 4 is 35.0 Å². The predicted octanol–water partition coefficient (Wildman–Crippen LogP) is 4.88. The Kier molecular flexibility index (Phi) is 11.6. The fraction of sp³-hybridized carbons (Fsp3) is 0.429. The van der Waals surface area contributed by atoms with Gasteiger partial charge in [-0.05, 0) is 63.8 Å². The van der Waals surface area contributed by atoms with Crippen LogP contribution in [0, 0.1) is 0 Å². The Morgan fingerprint density at radius 1 is 0.639 bits per heavy atom. The molecule has 8 heteroatoms. The highest BCUT2D eigenvalue weighted by Gasteiger charge is 2.16. The van der Waals surface area contributed by atoms with Gasteiger partial charge in [0.25, 0.3) is 11.8 Å².